The van der Waals surface area contributed by atoms with Crippen LogP contribution in [-0.2, 0) is 0 Å². The third-order valence-electron chi connectivity index (χ3n) is 1.76. The van der Waals surface area contributed by atoms with Crippen molar-refractivity contribution in [2.75, 3.05) is 0 Å². The van der Waals surface area contributed by atoms with Crippen LogP contribution in [0.15, 0.2) is 23.7 Å². The fourth-order valence-corrected chi connectivity index (χ4v) is 2.11. The Labute approximate surface area is 77.8 Å². The van der Waals surface area contributed by atoms with E-state index in [1.54, 1.807) is 17.5 Å². The minimum Gasteiger partial charge on any atom is -0.618 e. The number of nitrogens with two attached hydrogens (primary N) is 1. The van der Waals surface area contributed by atoms with E-state index in [9.17, 15) is 10.0 Å². The molecule has 13 heavy (non-hydrogen) atoms. The van der Waals surface area contributed by atoms with Gasteiger partial charge in [-0.05, 0) is 6.07 Å². The third-order valence-corrected chi connectivity index (χ3v) is 2.74. The van der Waals surface area contributed by atoms with E-state index in [0.717, 1.165) is 4.73 Å². The summed E-state index contributed by atoms with van der Waals surface area (Å²) in [6.45, 7) is 0. The lowest BCUT2D eigenvalue weighted by atomic mass is 10.2. The zero-order valence-corrected chi connectivity index (χ0v) is 7.38. The van der Waals surface area contributed by atoms with Crippen LogP contribution in [0, 0.1) is 5.21 Å². The third kappa shape index (κ3) is 1.13. The molecule has 0 saturated carbocycles. The van der Waals surface area contributed by atoms with Crippen LogP contribution >= 0.6 is 11.3 Å². The van der Waals surface area contributed by atoms with Crippen molar-refractivity contribution in [3.8, 4) is 0 Å². The smallest absolute Gasteiger partial charge is 0.280 e. The van der Waals surface area contributed by atoms with Crippen LogP contribution in [0.4, 0.5) is 0 Å². The van der Waals surface area contributed by atoms with Gasteiger partial charge in [0.15, 0.2) is 6.20 Å². The van der Waals surface area contributed by atoms with Crippen LogP contribution in [0.1, 0.15) is 10.4 Å². The minimum absolute atomic E-state index is 0.408. The number of nitrogens with zero attached hydrogens (tertiary/aromatic N) is 1. The molecule has 0 bridgehead atoms. The van der Waals surface area contributed by atoms with Crippen LogP contribution in [-0.4, -0.2) is 5.91 Å². The number of pyridine rings is 1. The minimum atomic E-state index is -0.502. The van der Waals surface area contributed by atoms with Gasteiger partial charge in [-0.1, -0.05) is 11.3 Å². The van der Waals surface area contributed by atoms with Crippen LogP contribution in [0.3, 0.4) is 0 Å². The van der Waals surface area contributed by atoms with Gasteiger partial charge in [0, 0.05) is 11.4 Å². The highest BCUT2D eigenvalue weighted by molar-refractivity contribution is 7.16. The predicted molar refractivity (Wildman–Crippen MR) is 49.3 cm³/mol. The van der Waals surface area contributed by atoms with Crippen molar-refractivity contribution in [1.29, 1.82) is 0 Å². The number of rotatable bonds is 1. The van der Waals surface area contributed by atoms with Gasteiger partial charge >= 0.3 is 0 Å². The van der Waals surface area contributed by atoms with Crippen LogP contribution in [0.5, 0.6) is 0 Å². The molecule has 0 aliphatic rings. The first-order valence-electron chi connectivity index (χ1n) is 3.59. The molecule has 0 atom stereocenters. The van der Waals surface area contributed by atoms with Crippen LogP contribution < -0.4 is 10.5 Å². The second-order valence-corrected chi connectivity index (χ2v) is 3.42. The maximum Gasteiger partial charge on any atom is 0.280 e. The van der Waals surface area contributed by atoms with E-state index in [1.165, 1.54) is 17.5 Å². The molecule has 0 unspecified atom stereocenters. The van der Waals surface area contributed by atoms with Crippen LogP contribution in [0.2, 0.25) is 0 Å². The van der Waals surface area contributed by atoms with Crippen molar-refractivity contribution >= 4 is 27.5 Å². The van der Waals surface area contributed by atoms with Gasteiger partial charge in [-0.3, -0.25) is 4.79 Å². The number of aromatic nitrogens is 1. The van der Waals surface area contributed by atoms with Gasteiger partial charge in [0.2, 0.25) is 5.91 Å². The molecule has 2 N–H and O–H groups in total. The van der Waals surface area contributed by atoms with E-state index in [-0.39, 0.29) is 0 Å². The van der Waals surface area contributed by atoms with Crippen molar-refractivity contribution in [2.24, 2.45) is 5.73 Å². The highest BCUT2D eigenvalue weighted by atomic mass is 32.1. The molecule has 2 aromatic heterocycles. The normalized spacial score (nSPS) is 10.5. The number of primary amides is 1. The first-order chi connectivity index (χ1) is 6.20. The lowest BCUT2D eigenvalue weighted by Crippen LogP contribution is -2.24. The molecule has 66 valence electrons. The number of amides is 1. The molecular formula is C8H6N2O2S. The number of hydrogen-bond donors (Lipinski definition) is 1. The molecule has 0 aliphatic heterocycles. The van der Waals surface area contributed by atoms with E-state index in [1.807, 2.05) is 0 Å². The van der Waals surface area contributed by atoms with E-state index in [2.05, 4.69) is 0 Å². The lowest BCUT2D eigenvalue weighted by molar-refractivity contribution is -0.574. The van der Waals surface area contributed by atoms with Crippen molar-refractivity contribution in [2.45, 2.75) is 0 Å². The summed E-state index contributed by atoms with van der Waals surface area (Å²) in [5.41, 5.74) is 5.54. The summed E-state index contributed by atoms with van der Waals surface area (Å²) in [6.07, 6.45) is 1.39. The Balaban J connectivity index is 2.83. The summed E-state index contributed by atoms with van der Waals surface area (Å²) in [5, 5.41) is 13.4. The summed E-state index contributed by atoms with van der Waals surface area (Å²) in [7, 11) is 0. The second-order valence-electron chi connectivity index (χ2n) is 2.57. The van der Waals surface area contributed by atoms with E-state index >= 15 is 0 Å². The highest BCUT2D eigenvalue weighted by Gasteiger charge is 2.13. The maximum absolute atomic E-state index is 11.2. The SMILES string of the molecule is NC(=O)c1csc2c1ccc[n+]2[O-]. The first-order valence-corrected chi connectivity index (χ1v) is 4.47. The summed E-state index contributed by atoms with van der Waals surface area (Å²) < 4.78 is 0.729. The lowest BCUT2D eigenvalue weighted by Gasteiger charge is -1.95. The fraction of sp³-hybridized carbons (Fsp3) is 0. The Hall–Kier alpha value is -1.62. The molecule has 2 aromatic rings. The summed E-state index contributed by atoms with van der Waals surface area (Å²) in [6, 6.07) is 3.30. The Bertz CT molecular complexity index is 478. The highest BCUT2D eigenvalue weighted by Crippen LogP contribution is 2.21. The molecule has 0 fully saturated rings. The molecule has 0 radical (unpaired) electrons. The standard InChI is InChI=1S/C8H6N2O2S/c9-7(11)6-4-13-8-5(6)2-1-3-10(8)12/h1-4H,(H2,9,11). The molecular weight excluding hydrogens is 188 g/mol. The van der Waals surface area contributed by atoms with Gasteiger partial charge < -0.3 is 10.9 Å². The quantitative estimate of drug-likeness (QED) is 0.534. The van der Waals surface area contributed by atoms with Crippen molar-refractivity contribution in [3.63, 3.8) is 0 Å². The van der Waals surface area contributed by atoms with Crippen molar-refractivity contribution < 1.29 is 9.52 Å². The Morgan fingerprint density at radius 1 is 1.62 bits per heavy atom. The number of hydrogen-bond acceptors (Lipinski definition) is 3. The van der Waals surface area contributed by atoms with Gasteiger partial charge in [-0.25, -0.2) is 0 Å². The Morgan fingerprint density at radius 3 is 3.08 bits per heavy atom. The zero-order valence-electron chi connectivity index (χ0n) is 6.56. The van der Waals surface area contributed by atoms with Gasteiger partial charge in [-0.15, -0.1) is 0 Å². The molecule has 0 saturated heterocycles. The monoisotopic (exact) mass is 194 g/mol. The fourth-order valence-electron chi connectivity index (χ4n) is 1.16. The first kappa shape index (κ1) is 8.00. The second kappa shape index (κ2) is 2.70. The molecule has 1 amide bonds. The van der Waals surface area contributed by atoms with E-state index in [4.69, 9.17) is 5.73 Å². The zero-order chi connectivity index (χ0) is 9.42. The van der Waals surface area contributed by atoms with Gasteiger partial charge in [0.1, 0.15) is 0 Å². The molecule has 0 spiro atoms. The molecule has 0 aromatic carbocycles. The molecule has 0 aliphatic carbocycles. The maximum atomic E-state index is 11.2. The van der Waals surface area contributed by atoms with Gasteiger partial charge in [0.05, 0.1) is 10.9 Å². The Kier molecular flexibility index (Phi) is 1.66. The van der Waals surface area contributed by atoms with Crippen LogP contribution in [0.25, 0.3) is 10.2 Å². The molecule has 2 rings (SSSR count). The molecule has 4 nitrogen and oxygen atoms in total. The largest absolute Gasteiger partial charge is 0.618 e. The van der Waals surface area contributed by atoms with Gasteiger partial charge in [0.25, 0.3) is 4.83 Å². The number of carbonyl (C=O) groups excluding carboxylic acids is 1. The topological polar surface area (TPSA) is 70.0 Å². The summed E-state index contributed by atoms with van der Waals surface area (Å²) >= 11 is 1.22. The Morgan fingerprint density at radius 2 is 2.38 bits per heavy atom. The number of carbonyl (C=O) groups is 1. The summed E-state index contributed by atoms with van der Waals surface area (Å²) in [4.78, 5) is 11.4. The van der Waals surface area contributed by atoms with E-state index < -0.39 is 5.91 Å². The van der Waals surface area contributed by atoms with E-state index in [0.29, 0.717) is 15.8 Å². The van der Waals surface area contributed by atoms with Gasteiger partial charge in [-0.2, -0.15) is 4.73 Å². The number of thiophene rings is 1. The van der Waals surface area contributed by atoms with Crippen molar-refractivity contribution in [3.05, 3.63) is 34.5 Å². The predicted octanol–water partition coefficient (Wildman–Crippen LogP) is 0.634. The number of fused-ring (bicyclic) bond motifs is 1. The average molecular weight is 194 g/mol. The molecule has 5 heteroatoms. The molecule has 2 heterocycles. The summed E-state index contributed by atoms with van der Waals surface area (Å²) in [5.74, 6) is -0.502. The van der Waals surface area contributed by atoms with Crippen molar-refractivity contribution in [1.82, 2.24) is 0 Å². The average Bonchev–Trinajstić information content (AvgIpc) is 2.48.